The van der Waals surface area contributed by atoms with Crippen molar-refractivity contribution in [1.29, 1.82) is 0 Å². The van der Waals surface area contributed by atoms with Crippen LogP contribution < -0.4 is 10.1 Å². The highest BCUT2D eigenvalue weighted by molar-refractivity contribution is 8.16. The second-order valence-corrected chi connectivity index (χ2v) is 8.21. The Hall–Kier alpha value is -3.46. The molecule has 1 N–H and O–H groups in total. The normalized spacial score (nSPS) is 17.3. The highest BCUT2D eigenvalue weighted by Gasteiger charge is 2.42. The van der Waals surface area contributed by atoms with Crippen LogP contribution in [0.15, 0.2) is 74.4 Å². The summed E-state index contributed by atoms with van der Waals surface area (Å²) in [7, 11) is 2.95. The number of methoxy groups -OCH3 is 2. The van der Waals surface area contributed by atoms with Gasteiger partial charge < -0.3 is 24.1 Å². The molecule has 2 aliphatic heterocycles. The van der Waals surface area contributed by atoms with Crippen LogP contribution in [0.2, 0.25) is 0 Å². The van der Waals surface area contributed by atoms with Gasteiger partial charge in [-0.15, -0.1) is 0 Å². The van der Waals surface area contributed by atoms with Crippen LogP contribution in [0.1, 0.15) is 37.1 Å². The Morgan fingerprint density at radius 2 is 2.03 bits per heavy atom. The number of thioether (sulfide) groups is 1. The van der Waals surface area contributed by atoms with Crippen LogP contribution in [0.3, 0.4) is 0 Å². The van der Waals surface area contributed by atoms with E-state index in [-0.39, 0.29) is 12.3 Å². The first-order valence-electron chi connectivity index (χ1n) is 10.5. The number of benzene rings is 1. The smallest absolute Gasteiger partial charge is 0.338 e. The van der Waals surface area contributed by atoms with E-state index in [1.807, 2.05) is 41.5 Å². The Kier molecular flexibility index (Phi) is 6.88. The van der Waals surface area contributed by atoms with Crippen molar-refractivity contribution in [3.63, 3.8) is 0 Å². The lowest BCUT2D eigenvalue weighted by Gasteiger charge is -2.37. The van der Waals surface area contributed by atoms with Gasteiger partial charge in [0.25, 0.3) is 0 Å². The van der Waals surface area contributed by atoms with E-state index in [0.29, 0.717) is 40.9 Å². The maximum absolute atomic E-state index is 12.9. The first-order chi connectivity index (χ1) is 16.1. The molecular formula is C24H25N3O5S. The Balaban J connectivity index is 1.69. The highest BCUT2D eigenvalue weighted by atomic mass is 32.2. The molecule has 1 atom stereocenters. The first kappa shape index (κ1) is 22.7. The van der Waals surface area contributed by atoms with Crippen molar-refractivity contribution < 1.29 is 23.5 Å². The van der Waals surface area contributed by atoms with Gasteiger partial charge in [0.05, 0.1) is 50.8 Å². The molecular weight excluding hydrogens is 442 g/mol. The minimum Gasteiger partial charge on any atom is -0.496 e. The van der Waals surface area contributed by atoms with Crippen LogP contribution in [-0.4, -0.2) is 36.2 Å². The number of allylic oxidation sites excluding steroid dienone is 1. The first-order valence-corrected chi connectivity index (χ1v) is 11.4. The number of carbonyl (C=O) groups excluding carboxylic acids is 2. The number of amidine groups is 1. The van der Waals surface area contributed by atoms with Crippen molar-refractivity contribution >= 4 is 28.8 Å². The Labute approximate surface area is 196 Å². The molecule has 4 rings (SSSR count). The summed E-state index contributed by atoms with van der Waals surface area (Å²) >= 11 is 1.43. The number of carbonyl (C=O) groups is 2. The van der Waals surface area contributed by atoms with E-state index in [1.54, 1.807) is 25.5 Å². The van der Waals surface area contributed by atoms with Gasteiger partial charge in [-0.05, 0) is 30.0 Å². The largest absolute Gasteiger partial charge is 0.496 e. The minimum atomic E-state index is -0.532. The van der Waals surface area contributed by atoms with Gasteiger partial charge in [-0.2, -0.15) is 0 Å². The summed E-state index contributed by atoms with van der Waals surface area (Å²) in [6.07, 6.45) is 2.25. The van der Waals surface area contributed by atoms with E-state index in [0.717, 1.165) is 11.3 Å². The van der Waals surface area contributed by atoms with Crippen LogP contribution >= 0.6 is 11.8 Å². The summed E-state index contributed by atoms with van der Waals surface area (Å²) in [6.45, 7) is 2.25. The molecule has 1 amide bonds. The van der Waals surface area contributed by atoms with Crippen LogP contribution in [0, 0.1) is 0 Å². The molecule has 1 aromatic carbocycles. The number of furan rings is 1. The molecule has 8 nitrogen and oxygen atoms in total. The summed E-state index contributed by atoms with van der Waals surface area (Å²) in [6, 6.07) is 10.6. The number of para-hydroxylation sites is 1. The zero-order chi connectivity index (χ0) is 23.4. The van der Waals surface area contributed by atoms with Gasteiger partial charge in [-0.1, -0.05) is 36.9 Å². The summed E-state index contributed by atoms with van der Waals surface area (Å²) in [5.41, 5.74) is 2.64. The van der Waals surface area contributed by atoms with E-state index in [2.05, 4.69) is 5.32 Å². The molecule has 0 radical (unpaired) electrons. The van der Waals surface area contributed by atoms with E-state index in [1.165, 1.54) is 18.9 Å². The molecule has 172 valence electrons. The van der Waals surface area contributed by atoms with Crippen molar-refractivity contribution in [3.05, 3.63) is 76.4 Å². The summed E-state index contributed by atoms with van der Waals surface area (Å²) in [5.74, 6) is 0.695. The number of aliphatic imine (C=N–C) groups is 1. The van der Waals surface area contributed by atoms with Crippen LogP contribution in [0.25, 0.3) is 0 Å². The predicted molar refractivity (Wildman–Crippen MR) is 125 cm³/mol. The number of hydrogen-bond donors (Lipinski definition) is 1. The number of amides is 1. The lowest BCUT2D eigenvalue weighted by atomic mass is 9.92. The molecule has 0 saturated carbocycles. The maximum atomic E-state index is 12.9. The standard InChI is InChI=1S/C24H25N3O5S/c1-4-18-21(23(29)31-3)22(17-9-5-6-10-19(17)30-2)27-15(14-33-24(27)26-18)12-20(28)25-13-16-8-7-11-32-16/h5-11,14,22H,4,12-13H2,1-3H3,(H,25,28)/t22-/m0/s1. The Morgan fingerprint density at radius 1 is 1.21 bits per heavy atom. The fourth-order valence-corrected chi connectivity index (χ4v) is 4.86. The van der Waals surface area contributed by atoms with Gasteiger partial charge in [0.15, 0.2) is 5.17 Å². The number of fused-ring (bicyclic) bond motifs is 1. The number of ether oxygens (including phenoxy) is 2. The fraction of sp³-hybridized carbons (Fsp3) is 0.292. The van der Waals surface area contributed by atoms with Crippen molar-refractivity contribution in [2.75, 3.05) is 14.2 Å². The zero-order valence-corrected chi connectivity index (χ0v) is 19.5. The summed E-state index contributed by atoms with van der Waals surface area (Å²) in [5, 5.41) is 5.49. The van der Waals surface area contributed by atoms with Crippen molar-refractivity contribution in [3.8, 4) is 5.75 Å². The van der Waals surface area contributed by atoms with Crippen LogP contribution in [0.4, 0.5) is 0 Å². The van der Waals surface area contributed by atoms with E-state index >= 15 is 0 Å². The van der Waals surface area contributed by atoms with Crippen LogP contribution in [0.5, 0.6) is 5.75 Å². The van der Waals surface area contributed by atoms with Crippen molar-refractivity contribution in [2.24, 2.45) is 4.99 Å². The molecule has 0 spiro atoms. The molecule has 2 aromatic rings. The molecule has 0 unspecified atom stereocenters. The third kappa shape index (κ3) is 4.54. The van der Waals surface area contributed by atoms with Gasteiger partial charge in [-0.25, -0.2) is 9.79 Å². The minimum absolute atomic E-state index is 0.119. The third-order valence-corrected chi connectivity index (χ3v) is 6.33. The van der Waals surface area contributed by atoms with Crippen molar-refractivity contribution in [2.45, 2.75) is 32.4 Å². The third-order valence-electron chi connectivity index (χ3n) is 5.44. The monoisotopic (exact) mass is 467 g/mol. The molecule has 9 heteroatoms. The summed E-state index contributed by atoms with van der Waals surface area (Å²) < 4.78 is 16.0. The molecule has 0 aliphatic carbocycles. The average Bonchev–Trinajstić information content (AvgIpc) is 3.51. The van der Waals surface area contributed by atoms with Gasteiger partial charge in [0.2, 0.25) is 5.91 Å². The molecule has 2 aliphatic rings. The molecule has 0 saturated heterocycles. The number of hydrogen-bond acceptors (Lipinski definition) is 8. The Morgan fingerprint density at radius 3 is 2.73 bits per heavy atom. The van der Waals surface area contributed by atoms with Gasteiger partial charge in [-0.3, -0.25) is 4.79 Å². The van der Waals surface area contributed by atoms with Crippen molar-refractivity contribution in [1.82, 2.24) is 10.2 Å². The second kappa shape index (κ2) is 9.99. The maximum Gasteiger partial charge on any atom is 0.338 e. The number of rotatable bonds is 8. The average molecular weight is 468 g/mol. The van der Waals surface area contributed by atoms with Gasteiger partial charge in [0, 0.05) is 11.3 Å². The van der Waals surface area contributed by atoms with E-state index in [4.69, 9.17) is 18.9 Å². The molecule has 33 heavy (non-hydrogen) atoms. The Bertz CT molecular complexity index is 1140. The van der Waals surface area contributed by atoms with Gasteiger partial charge >= 0.3 is 5.97 Å². The topological polar surface area (TPSA) is 93.4 Å². The van der Waals surface area contributed by atoms with Gasteiger partial charge in [0.1, 0.15) is 11.5 Å². The fourth-order valence-electron chi connectivity index (χ4n) is 3.92. The van der Waals surface area contributed by atoms with Crippen LogP contribution in [-0.2, 0) is 20.9 Å². The SMILES string of the molecule is CCC1=C(C(=O)OC)[C@H](c2ccccc2OC)N2C(CC(=O)NCc3ccco3)=CSC2=N1. The second-order valence-electron chi connectivity index (χ2n) is 7.37. The highest BCUT2D eigenvalue weighted by Crippen LogP contribution is 2.47. The molecule has 1 aromatic heterocycles. The molecule has 0 fully saturated rings. The number of esters is 1. The van der Waals surface area contributed by atoms with E-state index < -0.39 is 12.0 Å². The predicted octanol–water partition coefficient (Wildman–Crippen LogP) is 4.13. The zero-order valence-electron chi connectivity index (χ0n) is 18.7. The molecule has 0 bridgehead atoms. The van der Waals surface area contributed by atoms with E-state index in [9.17, 15) is 9.59 Å². The number of nitrogens with zero attached hydrogens (tertiary/aromatic N) is 2. The number of nitrogens with one attached hydrogen (secondary N) is 1. The molecule has 3 heterocycles. The lowest BCUT2D eigenvalue weighted by molar-refractivity contribution is -0.136. The quantitative estimate of drug-likeness (QED) is 0.584. The summed E-state index contributed by atoms with van der Waals surface area (Å²) in [4.78, 5) is 32.3. The lowest BCUT2D eigenvalue weighted by Crippen LogP contribution is -2.38.